The van der Waals surface area contributed by atoms with Crippen LogP contribution in [0.15, 0.2) is 54.7 Å². The summed E-state index contributed by atoms with van der Waals surface area (Å²) in [5.41, 5.74) is 4.63. The molecule has 0 amide bonds. The van der Waals surface area contributed by atoms with Crippen molar-refractivity contribution in [2.75, 3.05) is 58.3 Å². The van der Waals surface area contributed by atoms with Crippen LogP contribution < -0.4 is 14.8 Å². The number of aliphatic hydroxyl groups is 1. The van der Waals surface area contributed by atoms with Crippen molar-refractivity contribution in [1.82, 2.24) is 9.80 Å². The number of methoxy groups -OCH3 is 1. The lowest BCUT2D eigenvalue weighted by molar-refractivity contribution is 0.0471. The molecule has 1 unspecified atom stereocenters. The van der Waals surface area contributed by atoms with Gasteiger partial charge in [0.2, 0.25) is 0 Å². The number of hydrogen-bond acceptors (Lipinski definition) is 6. The lowest BCUT2D eigenvalue weighted by atomic mass is 10.1. The van der Waals surface area contributed by atoms with Crippen molar-refractivity contribution in [1.29, 1.82) is 0 Å². The highest BCUT2D eigenvalue weighted by molar-refractivity contribution is 5.59. The third-order valence-electron chi connectivity index (χ3n) is 5.63. The van der Waals surface area contributed by atoms with E-state index in [0.29, 0.717) is 18.0 Å². The first-order valence-electron chi connectivity index (χ1n) is 10.9. The molecule has 2 N–H and O–H groups in total. The van der Waals surface area contributed by atoms with Gasteiger partial charge in [-0.1, -0.05) is 36.9 Å². The third kappa shape index (κ3) is 6.72. The van der Waals surface area contributed by atoms with Gasteiger partial charge in [-0.05, 0) is 37.1 Å². The van der Waals surface area contributed by atoms with E-state index in [-0.39, 0.29) is 6.61 Å². The summed E-state index contributed by atoms with van der Waals surface area (Å²) in [5, 5.41) is 13.9. The SMILES string of the molecule is C=C(CN1CCN(CC(O)COc2ccccc2OC)CC1)Nc1c(C)cccc1C. The molecule has 1 heterocycles. The number of ether oxygens (including phenoxy) is 2. The minimum absolute atomic E-state index is 0.247. The number of piperazine rings is 1. The third-order valence-corrected chi connectivity index (χ3v) is 5.63. The van der Waals surface area contributed by atoms with Crippen molar-refractivity contribution >= 4 is 5.69 Å². The van der Waals surface area contributed by atoms with Crippen LogP contribution in [0, 0.1) is 13.8 Å². The van der Waals surface area contributed by atoms with E-state index < -0.39 is 6.10 Å². The molecular formula is C25H35N3O3. The Morgan fingerprint density at radius 2 is 1.61 bits per heavy atom. The lowest BCUT2D eigenvalue weighted by Gasteiger charge is -2.36. The molecule has 0 aliphatic carbocycles. The summed E-state index contributed by atoms with van der Waals surface area (Å²) >= 11 is 0. The molecule has 2 aromatic carbocycles. The van der Waals surface area contributed by atoms with Crippen LogP contribution in [0.5, 0.6) is 11.5 Å². The summed E-state index contributed by atoms with van der Waals surface area (Å²) in [6.45, 7) is 13.9. The van der Waals surface area contributed by atoms with Crippen molar-refractivity contribution in [3.05, 3.63) is 65.9 Å². The summed E-state index contributed by atoms with van der Waals surface area (Å²) in [6.07, 6.45) is -0.544. The highest BCUT2D eigenvalue weighted by Gasteiger charge is 2.20. The van der Waals surface area contributed by atoms with Gasteiger partial charge in [-0.25, -0.2) is 0 Å². The molecule has 1 aliphatic rings. The maximum atomic E-state index is 10.4. The second-order valence-electron chi connectivity index (χ2n) is 8.19. The monoisotopic (exact) mass is 425 g/mol. The number of aliphatic hydroxyl groups excluding tert-OH is 1. The summed E-state index contributed by atoms with van der Waals surface area (Å²) < 4.78 is 11.0. The predicted octanol–water partition coefficient (Wildman–Crippen LogP) is 3.30. The highest BCUT2D eigenvalue weighted by atomic mass is 16.5. The number of hydrogen-bond donors (Lipinski definition) is 2. The van der Waals surface area contributed by atoms with Gasteiger partial charge in [0.25, 0.3) is 0 Å². The molecule has 0 bridgehead atoms. The molecule has 0 spiro atoms. The summed E-state index contributed by atoms with van der Waals surface area (Å²) in [6, 6.07) is 13.8. The number of benzene rings is 2. The first kappa shape index (κ1) is 23.1. The number of rotatable bonds is 10. The molecule has 0 aromatic heterocycles. The standard InChI is InChI=1S/C25H35N3O3/c1-19-8-7-9-20(2)25(19)26-21(3)16-27-12-14-28(15-13-27)17-22(29)18-31-24-11-6-5-10-23(24)30-4/h5-11,22,26,29H,3,12-18H2,1-2,4H3. The van der Waals surface area contributed by atoms with Crippen LogP contribution in [0.2, 0.25) is 0 Å². The van der Waals surface area contributed by atoms with E-state index in [2.05, 4.69) is 53.7 Å². The van der Waals surface area contributed by atoms with Gasteiger partial charge >= 0.3 is 0 Å². The second kappa shape index (κ2) is 11.2. The Labute approximate surface area is 186 Å². The van der Waals surface area contributed by atoms with Crippen LogP contribution in [0.1, 0.15) is 11.1 Å². The Morgan fingerprint density at radius 1 is 1.00 bits per heavy atom. The summed E-state index contributed by atoms with van der Waals surface area (Å²) in [7, 11) is 1.62. The maximum Gasteiger partial charge on any atom is 0.161 e. The van der Waals surface area contributed by atoms with Crippen LogP contribution in [-0.4, -0.2) is 74.0 Å². The van der Waals surface area contributed by atoms with Crippen molar-refractivity contribution in [2.45, 2.75) is 20.0 Å². The largest absolute Gasteiger partial charge is 0.493 e. The molecule has 168 valence electrons. The molecule has 3 rings (SSSR count). The van der Waals surface area contributed by atoms with Crippen LogP contribution in [0.25, 0.3) is 0 Å². The minimum atomic E-state index is -0.544. The number of nitrogens with one attached hydrogen (secondary N) is 1. The Morgan fingerprint density at radius 3 is 2.26 bits per heavy atom. The number of β-amino-alcohol motifs (C(OH)–C–C–N with tert-alkyl or cyclic N) is 1. The van der Waals surface area contributed by atoms with Gasteiger partial charge < -0.3 is 19.9 Å². The molecule has 0 saturated carbocycles. The van der Waals surface area contributed by atoms with Gasteiger partial charge in [-0.2, -0.15) is 0 Å². The predicted molar refractivity (Wildman–Crippen MR) is 126 cm³/mol. The molecule has 0 radical (unpaired) electrons. The quantitative estimate of drug-likeness (QED) is 0.609. The van der Waals surface area contributed by atoms with Crippen LogP contribution in [0.3, 0.4) is 0 Å². The maximum absolute atomic E-state index is 10.4. The number of para-hydroxylation sites is 3. The van der Waals surface area contributed by atoms with Gasteiger partial charge in [0.05, 0.1) is 7.11 Å². The average molecular weight is 426 g/mol. The molecule has 2 aromatic rings. The Bertz CT molecular complexity index is 843. The Balaban J connectivity index is 1.38. The summed E-state index contributed by atoms with van der Waals surface area (Å²) in [4.78, 5) is 4.69. The van der Waals surface area contributed by atoms with Crippen LogP contribution in [-0.2, 0) is 0 Å². The van der Waals surface area contributed by atoms with Gasteiger partial charge in [0, 0.05) is 50.7 Å². The number of anilines is 1. The molecular weight excluding hydrogens is 390 g/mol. The van der Waals surface area contributed by atoms with Gasteiger partial charge in [0.15, 0.2) is 11.5 Å². The molecule has 1 fully saturated rings. The van der Waals surface area contributed by atoms with E-state index >= 15 is 0 Å². The average Bonchev–Trinajstić information content (AvgIpc) is 2.76. The van der Waals surface area contributed by atoms with Crippen molar-refractivity contribution in [3.63, 3.8) is 0 Å². The van der Waals surface area contributed by atoms with E-state index in [1.807, 2.05) is 24.3 Å². The highest BCUT2D eigenvalue weighted by Crippen LogP contribution is 2.26. The smallest absolute Gasteiger partial charge is 0.161 e. The zero-order valence-corrected chi connectivity index (χ0v) is 18.9. The van der Waals surface area contributed by atoms with Crippen LogP contribution in [0.4, 0.5) is 5.69 Å². The lowest BCUT2D eigenvalue weighted by Crippen LogP contribution is -2.49. The first-order valence-corrected chi connectivity index (χ1v) is 10.9. The van der Waals surface area contributed by atoms with E-state index in [1.165, 1.54) is 11.1 Å². The molecule has 1 aliphatic heterocycles. The molecule has 6 nitrogen and oxygen atoms in total. The second-order valence-corrected chi connectivity index (χ2v) is 8.19. The van der Waals surface area contributed by atoms with E-state index in [0.717, 1.165) is 44.1 Å². The molecule has 1 atom stereocenters. The zero-order valence-electron chi connectivity index (χ0n) is 18.9. The van der Waals surface area contributed by atoms with E-state index in [4.69, 9.17) is 9.47 Å². The van der Waals surface area contributed by atoms with Gasteiger partial charge in [0.1, 0.15) is 12.7 Å². The van der Waals surface area contributed by atoms with Crippen molar-refractivity contribution in [2.24, 2.45) is 0 Å². The Kier molecular flexibility index (Phi) is 8.35. The number of nitrogens with zero attached hydrogens (tertiary/aromatic N) is 2. The fourth-order valence-electron chi connectivity index (χ4n) is 3.90. The molecule has 1 saturated heterocycles. The van der Waals surface area contributed by atoms with Gasteiger partial charge in [-0.3, -0.25) is 9.80 Å². The van der Waals surface area contributed by atoms with Gasteiger partial charge in [-0.15, -0.1) is 0 Å². The van der Waals surface area contributed by atoms with E-state index in [1.54, 1.807) is 7.11 Å². The number of aryl methyl sites for hydroxylation is 2. The molecule has 31 heavy (non-hydrogen) atoms. The normalized spacial score (nSPS) is 16.0. The fraction of sp³-hybridized carbons (Fsp3) is 0.440. The molecule has 6 heteroatoms. The topological polar surface area (TPSA) is 57.2 Å². The fourth-order valence-corrected chi connectivity index (χ4v) is 3.90. The van der Waals surface area contributed by atoms with Crippen molar-refractivity contribution in [3.8, 4) is 11.5 Å². The summed E-state index contributed by atoms with van der Waals surface area (Å²) in [5.74, 6) is 1.34. The van der Waals surface area contributed by atoms with E-state index in [9.17, 15) is 5.11 Å². The zero-order chi connectivity index (χ0) is 22.2. The Hall–Kier alpha value is -2.54. The first-order chi connectivity index (χ1) is 15.0. The van der Waals surface area contributed by atoms with Crippen molar-refractivity contribution < 1.29 is 14.6 Å². The minimum Gasteiger partial charge on any atom is -0.493 e. The van der Waals surface area contributed by atoms with Crippen LogP contribution >= 0.6 is 0 Å².